The lowest BCUT2D eigenvalue weighted by Gasteiger charge is -2.18. The summed E-state index contributed by atoms with van der Waals surface area (Å²) in [5, 5.41) is 8.11. The molecular weight excluding hydrogens is 264 g/mol. The van der Waals surface area contributed by atoms with Crippen LogP contribution < -0.4 is 0 Å². The Morgan fingerprint density at radius 2 is 2.05 bits per heavy atom. The van der Waals surface area contributed by atoms with Gasteiger partial charge in [-0.2, -0.15) is 0 Å². The van der Waals surface area contributed by atoms with Gasteiger partial charge in [-0.1, -0.05) is 30.3 Å². The lowest BCUT2D eigenvalue weighted by molar-refractivity contribution is -0.128. The minimum Gasteiger partial charge on any atom is -0.335 e. The van der Waals surface area contributed by atoms with E-state index in [1.165, 1.54) is 5.56 Å². The Labute approximate surface area is 124 Å². The predicted octanol–water partition coefficient (Wildman–Crippen LogP) is 2.38. The normalized spacial score (nSPS) is 18.7. The third kappa shape index (κ3) is 2.82. The average Bonchev–Trinajstić information content (AvgIpc) is 3.08. The third-order valence-corrected chi connectivity index (χ3v) is 4.02. The first-order valence-corrected chi connectivity index (χ1v) is 7.36. The zero-order valence-corrected chi connectivity index (χ0v) is 12.4. The van der Waals surface area contributed by atoms with E-state index in [1.54, 1.807) is 6.33 Å². The second-order valence-electron chi connectivity index (χ2n) is 5.83. The van der Waals surface area contributed by atoms with E-state index in [0.29, 0.717) is 19.0 Å². The van der Waals surface area contributed by atoms with Gasteiger partial charge in [-0.3, -0.25) is 4.79 Å². The fraction of sp³-hybridized carbons (Fsp3) is 0.438. The van der Waals surface area contributed by atoms with Gasteiger partial charge in [0.1, 0.15) is 6.33 Å². The van der Waals surface area contributed by atoms with Crippen LogP contribution in [-0.4, -0.2) is 32.1 Å². The van der Waals surface area contributed by atoms with Gasteiger partial charge in [0.25, 0.3) is 0 Å². The van der Waals surface area contributed by atoms with Gasteiger partial charge in [0, 0.05) is 24.9 Å². The highest BCUT2D eigenvalue weighted by Gasteiger charge is 2.31. The molecule has 110 valence electrons. The first-order valence-electron chi connectivity index (χ1n) is 7.36. The van der Waals surface area contributed by atoms with Crippen LogP contribution in [0.15, 0.2) is 36.7 Å². The van der Waals surface area contributed by atoms with Crippen LogP contribution in [0.1, 0.15) is 43.6 Å². The summed E-state index contributed by atoms with van der Waals surface area (Å²) in [6.07, 6.45) is 2.31. The number of hydrogen-bond acceptors (Lipinski definition) is 3. The van der Waals surface area contributed by atoms with Gasteiger partial charge in [-0.25, -0.2) is 0 Å². The maximum absolute atomic E-state index is 12.2. The number of carbonyl (C=O) groups is 1. The molecule has 3 rings (SSSR count). The molecule has 5 heteroatoms. The predicted molar refractivity (Wildman–Crippen MR) is 79.6 cm³/mol. The number of carbonyl (C=O) groups excluding carboxylic acids is 1. The molecule has 0 saturated carbocycles. The molecule has 1 aromatic heterocycles. The van der Waals surface area contributed by atoms with Crippen molar-refractivity contribution in [2.24, 2.45) is 0 Å². The maximum Gasteiger partial charge on any atom is 0.223 e. The molecule has 1 atom stereocenters. The Balaban J connectivity index is 1.73. The van der Waals surface area contributed by atoms with Crippen molar-refractivity contribution in [2.45, 2.75) is 38.8 Å². The van der Waals surface area contributed by atoms with Gasteiger partial charge in [0.2, 0.25) is 5.91 Å². The van der Waals surface area contributed by atoms with Crippen LogP contribution in [-0.2, 0) is 11.3 Å². The van der Waals surface area contributed by atoms with Crippen molar-refractivity contribution in [2.75, 3.05) is 6.54 Å². The number of benzene rings is 1. The Kier molecular flexibility index (Phi) is 3.73. The van der Waals surface area contributed by atoms with Crippen molar-refractivity contribution in [3.63, 3.8) is 0 Å². The van der Waals surface area contributed by atoms with Gasteiger partial charge < -0.3 is 9.47 Å². The largest absolute Gasteiger partial charge is 0.335 e. The van der Waals surface area contributed by atoms with E-state index in [0.717, 1.165) is 12.4 Å². The van der Waals surface area contributed by atoms with E-state index in [1.807, 2.05) is 27.7 Å². The van der Waals surface area contributed by atoms with Crippen molar-refractivity contribution in [3.8, 4) is 0 Å². The molecule has 2 heterocycles. The zero-order chi connectivity index (χ0) is 14.8. The summed E-state index contributed by atoms with van der Waals surface area (Å²) >= 11 is 0. The molecule has 1 amide bonds. The van der Waals surface area contributed by atoms with Gasteiger partial charge in [-0.15, -0.1) is 10.2 Å². The summed E-state index contributed by atoms with van der Waals surface area (Å²) in [7, 11) is 0. The number of hydrogen-bond donors (Lipinski definition) is 0. The molecule has 21 heavy (non-hydrogen) atoms. The third-order valence-electron chi connectivity index (χ3n) is 4.02. The number of amides is 1. The lowest BCUT2D eigenvalue weighted by atomic mass is 9.99. The molecule has 0 spiro atoms. The summed E-state index contributed by atoms with van der Waals surface area (Å²) < 4.78 is 2.02. The SMILES string of the molecule is CC(C)n1cnnc1CN1C[C@H](c2ccccc2)CC1=O. The molecule has 0 radical (unpaired) electrons. The van der Waals surface area contributed by atoms with E-state index in [2.05, 4.69) is 36.2 Å². The molecule has 5 nitrogen and oxygen atoms in total. The Morgan fingerprint density at radius 1 is 1.29 bits per heavy atom. The molecular formula is C16H20N4O. The number of nitrogens with zero attached hydrogens (tertiary/aromatic N) is 4. The highest BCUT2D eigenvalue weighted by Crippen LogP contribution is 2.28. The fourth-order valence-electron chi connectivity index (χ4n) is 2.86. The van der Waals surface area contributed by atoms with E-state index in [9.17, 15) is 4.79 Å². The summed E-state index contributed by atoms with van der Waals surface area (Å²) in [5.74, 6) is 1.34. The Morgan fingerprint density at radius 3 is 2.76 bits per heavy atom. The van der Waals surface area contributed by atoms with Gasteiger partial charge in [0.05, 0.1) is 6.54 Å². The van der Waals surface area contributed by atoms with Crippen molar-refractivity contribution in [3.05, 3.63) is 48.0 Å². The van der Waals surface area contributed by atoms with Crippen LogP contribution in [0.25, 0.3) is 0 Å². The zero-order valence-electron chi connectivity index (χ0n) is 12.4. The molecule has 0 N–H and O–H groups in total. The summed E-state index contributed by atoms with van der Waals surface area (Å²) in [5.41, 5.74) is 1.23. The minimum atomic E-state index is 0.196. The Bertz CT molecular complexity index is 620. The quantitative estimate of drug-likeness (QED) is 0.866. The van der Waals surface area contributed by atoms with Crippen molar-refractivity contribution >= 4 is 5.91 Å². The topological polar surface area (TPSA) is 51.0 Å². The van der Waals surface area contributed by atoms with Crippen molar-refractivity contribution in [1.29, 1.82) is 0 Å². The first-order chi connectivity index (χ1) is 10.1. The number of aromatic nitrogens is 3. The molecule has 2 aromatic rings. The van der Waals surface area contributed by atoms with Crippen LogP contribution in [0.5, 0.6) is 0 Å². The maximum atomic E-state index is 12.2. The van der Waals surface area contributed by atoms with Crippen molar-refractivity contribution < 1.29 is 4.79 Å². The molecule has 1 fully saturated rings. The standard InChI is InChI=1S/C16H20N4O/c1-12(2)20-11-17-18-15(20)10-19-9-14(8-16(19)21)13-6-4-3-5-7-13/h3-7,11-12,14H,8-10H2,1-2H3/t14-/m1/s1. The number of likely N-dealkylation sites (tertiary alicyclic amines) is 1. The molecule has 0 bridgehead atoms. The van der Waals surface area contributed by atoms with Crippen LogP contribution in [0.3, 0.4) is 0 Å². The average molecular weight is 284 g/mol. The lowest BCUT2D eigenvalue weighted by Crippen LogP contribution is -2.26. The summed E-state index contributed by atoms with van der Waals surface area (Å²) in [6.45, 7) is 5.48. The molecule has 1 aliphatic heterocycles. The molecule has 1 aromatic carbocycles. The molecule has 1 aliphatic rings. The number of rotatable bonds is 4. The van der Waals surface area contributed by atoms with Gasteiger partial charge in [0.15, 0.2) is 5.82 Å². The highest BCUT2D eigenvalue weighted by atomic mass is 16.2. The van der Waals surface area contributed by atoms with Crippen LogP contribution in [0.4, 0.5) is 0 Å². The van der Waals surface area contributed by atoms with E-state index in [4.69, 9.17) is 0 Å². The summed E-state index contributed by atoms with van der Waals surface area (Å²) in [4.78, 5) is 14.1. The fourth-order valence-corrected chi connectivity index (χ4v) is 2.86. The van der Waals surface area contributed by atoms with E-state index < -0.39 is 0 Å². The second kappa shape index (κ2) is 5.68. The van der Waals surface area contributed by atoms with Gasteiger partial charge in [-0.05, 0) is 19.4 Å². The highest BCUT2D eigenvalue weighted by molar-refractivity contribution is 5.79. The van der Waals surface area contributed by atoms with E-state index >= 15 is 0 Å². The van der Waals surface area contributed by atoms with Crippen LogP contribution in [0, 0.1) is 0 Å². The smallest absolute Gasteiger partial charge is 0.223 e. The van der Waals surface area contributed by atoms with Crippen LogP contribution >= 0.6 is 0 Å². The molecule has 1 saturated heterocycles. The first kappa shape index (κ1) is 13.8. The van der Waals surface area contributed by atoms with Crippen molar-refractivity contribution in [1.82, 2.24) is 19.7 Å². The summed E-state index contributed by atoms with van der Waals surface area (Å²) in [6, 6.07) is 10.5. The molecule has 0 aliphatic carbocycles. The monoisotopic (exact) mass is 284 g/mol. The molecule has 0 unspecified atom stereocenters. The van der Waals surface area contributed by atoms with Crippen LogP contribution in [0.2, 0.25) is 0 Å². The Hall–Kier alpha value is -2.17. The van der Waals surface area contributed by atoms with E-state index in [-0.39, 0.29) is 11.8 Å². The second-order valence-corrected chi connectivity index (χ2v) is 5.83. The van der Waals surface area contributed by atoms with Gasteiger partial charge >= 0.3 is 0 Å². The minimum absolute atomic E-state index is 0.196.